The number of fused-ring (bicyclic) bond motifs is 1. The standard InChI is InChI=1S/C18H24N4O2/c23-14-21-9-11-22(12-10-21)18(24)6-8-19-7-5-15-13-20-17-4-2-1-3-16(15)17/h1-4,13-14,19-20H,5-12H2. The summed E-state index contributed by atoms with van der Waals surface area (Å²) in [6.45, 7) is 4.12. The fourth-order valence-corrected chi connectivity index (χ4v) is 3.12. The maximum Gasteiger partial charge on any atom is 0.223 e. The van der Waals surface area contributed by atoms with Crippen LogP contribution in [0, 0.1) is 0 Å². The summed E-state index contributed by atoms with van der Waals surface area (Å²) in [4.78, 5) is 29.6. The third kappa shape index (κ3) is 3.94. The highest BCUT2D eigenvalue weighted by atomic mass is 16.2. The maximum atomic E-state index is 12.1. The number of benzene rings is 1. The van der Waals surface area contributed by atoms with E-state index in [1.807, 2.05) is 11.0 Å². The van der Waals surface area contributed by atoms with Gasteiger partial charge in [0.25, 0.3) is 0 Å². The Bertz CT molecular complexity index is 689. The Balaban J connectivity index is 1.35. The molecule has 24 heavy (non-hydrogen) atoms. The van der Waals surface area contributed by atoms with E-state index in [2.05, 4.69) is 34.7 Å². The molecule has 1 aliphatic rings. The Morgan fingerprint density at radius 2 is 1.96 bits per heavy atom. The predicted molar refractivity (Wildman–Crippen MR) is 93.7 cm³/mol. The van der Waals surface area contributed by atoms with Gasteiger partial charge in [-0.05, 0) is 24.6 Å². The number of piperazine rings is 1. The lowest BCUT2D eigenvalue weighted by Crippen LogP contribution is -2.48. The van der Waals surface area contributed by atoms with Crippen LogP contribution in [0.2, 0.25) is 0 Å². The van der Waals surface area contributed by atoms with Crippen molar-refractivity contribution in [1.29, 1.82) is 0 Å². The first kappa shape index (κ1) is 16.5. The van der Waals surface area contributed by atoms with Crippen molar-refractivity contribution in [1.82, 2.24) is 20.1 Å². The Hall–Kier alpha value is -2.34. The predicted octanol–water partition coefficient (Wildman–Crippen LogP) is 0.991. The lowest BCUT2D eigenvalue weighted by Gasteiger charge is -2.32. The molecule has 0 unspecified atom stereocenters. The minimum Gasteiger partial charge on any atom is -0.361 e. The van der Waals surface area contributed by atoms with Crippen LogP contribution in [-0.2, 0) is 16.0 Å². The van der Waals surface area contributed by atoms with Gasteiger partial charge in [-0.25, -0.2) is 0 Å². The highest BCUT2D eigenvalue weighted by molar-refractivity contribution is 5.83. The normalized spacial score (nSPS) is 15.0. The lowest BCUT2D eigenvalue weighted by molar-refractivity contribution is -0.135. The minimum absolute atomic E-state index is 0.167. The van der Waals surface area contributed by atoms with Crippen molar-refractivity contribution >= 4 is 23.2 Å². The summed E-state index contributed by atoms with van der Waals surface area (Å²) < 4.78 is 0. The maximum absolute atomic E-state index is 12.1. The van der Waals surface area contributed by atoms with E-state index >= 15 is 0 Å². The number of nitrogens with zero attached hydrogens (tertiary/aromatic N) is 2. The summed E-state index contributed by atoms with van der Waals surface area (Å²) in [5.41, 5.74) is 2.46. The Morgan fingerprint density at radius 1 is 1.17 bits per heavy atom. The molecule has 6 heteroatoms. The van der Waals surface area contributed by atoms with Crippen LogP contribution < -0.4 is 5.32 Å². The molecule has 1 fully saturated rings. The molecule has 2 heterocycles. The molecule has 0 spiro atoms. The topological polar surface area (TPSA) is 68.4 Å². The highest BCUT2D eigenvalue weighted by Gasteiger charge is 2.19. The first-order valence-electron chi connectivity index (χ1n) is 8.51. The zero-order valence-electron chi connectivity index (χ0n) is 13.8. The van der Waals surface area contributed by atoms with Crippen LogP contribution in [-0.4, -0.2) is 66.4 Å². The second-order valence-corrected chi connectivity index (χ2v) is 6.13. The van der Waals surface area contributed by atoms with Crippen LogP contribution >= 0.6 is 0 Å². The summed E-state index contributed by atoms with van der Waals surface area (Å²) in [5.74, 6) is 0.167. The number of carbonyl (C=O) groups is 2. The molecule has 0 atom stereocenters. The zero-order valence-corrected chi connectivity index (χ0v) is 13.8. The SMILES string of the molecule is O=CN1CCN(C(=O)CCNCCc2c[nH]c3ccccc23)CC1. The molecule has 2 aromatic rings. The molecular formula is C18H24N4O2. The van der Waals surface area contributed by atoms with Crippen molar-refractivity contribution in [3.8, 4) is 0 Å². The van der Waals surface area contributed by atoms with Crippen molar-refractivity contribution in [2.75, 3.05) is 39.3 Å². The van der Waals surface area contributed by atoms with E-state index < -0.39 is 0 Å². The van der Waals surface area contributed by atoms with Gasteiger partial charge in [-0.2, -0.15) is 0 Å². The van der Waals surface area contributed by atoms with Crippen molar-refractivity contribution in [2.45, 2.75) is 12.8 Å². The van der Waals surface area contributed by atoms with E-state index in [1.54, 1.807) is 4.90 Å². The van der Waals surface area contributed by atoms with Gasteiger partial charge < -0.3 is 20.1 Å². The van der Waals surface area contributed by atoms with Gasteiger partial charge in [0.15, 0.2) is 0 Å². The van der Waals surface area contributed by atoms with Gasteiger partial charge in [0, 0.05) is 56.2 Å². The van der Waals surface area contributed by atoms with Crippen molar-refractivity contribution in [2.24, 2.45) is 0 Å². The molecule has 1 aromatic heterocycles. The van der Waals surface area contributed by atoms with E-state index in [0.717, 1.165) is 24.9 Å². The van der Waals surface area contributed by atoms with Gasteiger partial charge in [0.05, 0.1) is 0 Å². The van der Waals surface area contributed by atoms with E-state index in [1.165, 1.54) is 10.9 Å². The van der Waals surface area contributed by atoms with Crippen LogP contribution in [0.3, 0.4) is 0 Å². The number of carbonyl (C=O) groups excluding carboxylic acids is 2. The molecule has 0 radical (unpaired) electrons. The molecule has 2 N–H and O–H groups in total. The number of amides is 2. The number of aromatic amines is 1. The van der Waals surface area contributed by atoms with Crippen molar-refractivity contribution in [3.63, 3.8) is 0 Å². The molecule has 1 aromatic carbocycles. The molecule has 2 amide bonds. The Labute approximate surface area is 141 Å². The van der Waals surface area contributed by atoms with Crippen molar-refractivity contribution < 1.29 is 9.59 Å². The van der Waals surface area contributed by atoms with Gasteiger partial charge >= 0.3 is 0 Å². The van der Waals surface area contributed by atoms with E-state index in [9.17, 15) is 9.59 Å². The molecule has 1 saturated heterocycles. The summed E-state index contributed by atoms with van der Waals surface area (Å²) >= 11 is 0. The number of rotatable bonds is 7. The summed E-state index contributed by atoms with van der Waals surface area (Å²) in [6.07, 6.45) is 4.36. The lowest BCUT2D eigenvalue weighted by atomic mass is 10.1. The van der Waals surface area contributed by atoms with Crippen LogP contribution in [0.15, 0.2) is 30.5 Å². The number of hydrogen-bond donors (Lipinski definition) is 2. The Morgan fingerprint density at radius 3 is 2.75 bits per heavy atom. The van der Waals surface area contributed by atoms with Gasteiger partial charge in [0.2, 0.25) is 12.3 Å². The molecule has 0 aliphatic carbocycles. The summed E-state index contributed by atoms with van der Waals surface area (Å²) in [5, 5.41) is 4.62. The average molecular weight is 328 g/mol. The molecular weight excluding hydrogens is 304 g/mol. The van der Waals surface area contributed by atoms with Gasteiger partial charge in [0.1, 0.15) is 0 Å². The fraction of sp³-hybridized carbons (Fsp3) is 0.444. The number of para-hydroxylation sites is 1. The minimum atomic E-state index is 0.167. The smallest absolute Gasteiger partial charge is 0.223 e. The third-order valence-corrected chi connectivity index (χ3v) is 4.58. The van der Waals surface area contributed by atoms with Crippen LogP contribution in [0.1, 0.15) is 12.0 Å². The molecule has 0 bridgehead atoms. The molecule has 0 saturated carbocycles. The van der Waals surface area contributed by atoms with Crippen molar-refractivity contribution in [3.05, 3.63) is 36.0 Å². The molecule has 3 rings (SSSR count). The number of nitrogens with one attached hydrogen (secondary N) is 2. The van der Waals surface area contributed by atoms with E-state index in [0.29, 0.717) is 39.1 Å². The second kappa shape index (κ2) is 7.97. The quantitative estimate of drug-likeness (QED) is 0.588. The van der Waals surface area contributed by atoms with Gasteiger partial charge in [-0.1, -0.05) is 18.2 Å². The van der Waals surface area contributed by atoms with E-state index in [-0.39, 0.29) is 5.91 Å². The zero-order chi connectivity index (χ0) is 16.8. The van der Waals surface area contributed by atoms with Gasteiger partial charge in [-0.15, -0.1) is 0 Å². The first-order valence-corrected chi connectivity index (χ1v) is 8.51. The summed E-state index contributed by atoms with van der Waals surface area (Å²) in [6, 6.07) is 8.29. The average Bonchev–Trinajstić information content (AvgIpc) is 3.04. The number of aromatic nitrogens is 1. The van der Waals surface area contributed by atoms with Crippen LogP contribution in [0.4, 0.5) is 0 Å². The molecule has 6 nitrogen and oxygen atoms in total. The highest BCUT2D eigenvalue weighted by Crippen LogP contribution is 2.17. The second-order valence-electron chi connectivity index (χ2n) is 6.13. The van der Waals surface area contributed by atoms with Crippen LogP contribution in [0.5, 0.6) is 0 Å². The molecule has 128 valence electrons. The number of H-pyrrole nitrogens is 1. The van der Waals surface area contributed by atoms with Gasteiger partial charge in [-0.3, -0.25) is 9.59 Å². The molecule has 1 aliphatic heterocycles. The largest absolute Gasteiger partial charge is 0.361 e. The third-order valence-electron chi connectivity index (χ3n) is 4.58. The first-order chi connectivity index (χ1) is 11.8. The summed E-state index contributed by atoms with van der Waals surface area (Å²) in [7, 11) is 0. The Kier molecular flexibility index (Phi) is 5.48. The van der Waals surface area contributed by atoms with E-state index in [4.69, 9.17) is 0 Å². The van der Waals surface area contributed by atoms with Crippen LogP contribution in [0.25, 0.3) is 10.9 Å². The monoisotopic (exact) mass is 328 g/mol. The fourth-order valence-electron chi connectivity index (χ4n) is 3.12. The number of hydrogen-bond acceptors (Lipinski definition) is 3.